The Morgan fingerprint density at radius 1 is 1.18 bits per heavy atom. The molecule has 0 saturated carbocycles. The summed E-state index contributed by atoms with van der Waals surface area (Å²) in [4.78, 5) is 0. The molecule has 0 heterocycles. The molecular formula is C19H32O2S. The maximum absolute atomic E-state index is 6.08. The first kappa shape index (κ1) is 20.9. The van der Waals surface area contributed by atoms with Crippen LogP contribution in [0.3, 0.4) is 0 Å². The van der Waals surface area contributed by atoms with Gasteiger partial charge in [-0.15, -0.1) is 0 Å². The average molecular weight is 325 g/mol. The van der Waals surface area contributed by atoms with Crippen molar-refractivity contribution in [3.8, 4) is 11.5 Å². The molecule has 22 heavy (non-hydrogen) atoms. The van der Waals surface area contributed by atoms with Crippen LogP contribution >= 0.6 is 12.6 Å². The normalized spacial score (nSPS) is 12.6. The van der Waals surface area contributed by atoms with Crippen LogP contribution < -0.4 is 9.47 Å². The molecule has 0 aliphatic heterocycles. The molecule has 3 heteroatoms. The Labute approximate surface area is 142 Å². The van der Waals surface area contributed by atoms with E-state index in [9.17, 15) is 0 Å². The van der Waals surface area contributed by atoms with Gasteiger partial charge in [-0.1, -0.05) is 26.0 Å². The Balaban J connectivity index is 0.00000211. The topological polar surface area (TPSA) is 18.5 Å². The van der Waals surface area contributed by atoms with Gasteiger partial charge < -0.3 is 9.47 Å². The maximum Gasteiger partial charge on any atom is 0.125 e. The van der Waals surface area contributed by atoms with Gasteiger partial charge in [0.05, 0.1) is 0 Å². The summed E-state index contributed by atoms with van der Waals surface area (Å²) in [5.41, 5.74) is 2.18. The summed E-state index contributed by atoms with van der Waals surface area (Å²) in [5.74, 6) is 1.81. The number of hydrogen-bond acceptors (Lipinski definition) is 3. The molecule has 1 unspecified atom stereocenters. The van der Waals surface area contributed by atoms with Crippen LogP contribution in [0, 0.1) is 13.8 Å². The third-order valence-electron chi connectivity index (χ3n) is 3.31. The molecule has 0 aliphatic carbocycles. The highest BCUT2D eigenvalue weighted by atomic mass is 32.1. The quantitative estimate of drug-likeness (QED) is 0.529. The molecule has 126 valence electrons. The van der Waals surface area contributed by atoms with Gasteiger partial charge in [-0.25, -0.2) is 0 Å². The molecule has 0 amide bonds. The highest BCUT2D eigenvalue weighted by Gasteiger charge is 2.24. The van der Waals surface area contributed by atoms with E-state index in [1.165, 1.54) is 0 Å². The number of ether oxygens (including phenoxy) is 2. The van der Waals surface area contributed by atoms with Crippen LogP contribution in [-0.2, 0) is 0 Å². The van der Waals surface area contributed by atoms with Crippen molar-refractivity contribution >= 4 is 12.6 Å². The molecule has 1 rings (SSSR count). The monoisotopic (exact) mass is 324 g/mol. The Hall–Kier alpha value is -1.09. The van der Waals surface area contributed by atoms with E-state index in [1.807, 2.05) is 65.8 Å². The van der Waals surface area contributed by atoms with Gasteiger partial charge in [-0.3, -0.25) is 0 Å². The SMILES string of the molecule is C/C=C/COc1cc(C)c(OC(C)C(C)(C)S)c(C)c1.CC. The van der Waals surface area contributed by atoms with E-state index in [0.717, 1.165) is 22.6 Å². The lowest BCUT2D eigenvalue weighted by Gasteiger charge is -2.28. The van der Waals surface area contributed by atoms with Gasteiger partial charge in [0.25, 0.3) is 0 Å². The first-order chi connectivity index (χ1) is 10.3. The molecule has 0 aliphatic rings. The van der Waals surface area contributed by atoms with Crippen molar-refractivity contribution in [1.29, 1.82) is 0 Å². The summed E-state index contributed by atoms with van der Waals surface area (Å²) in [6, 6.07) is 4.04. The van der Waals surface area contributed by atoms with Crippen molar-refractivity contribution in [1.82, 2.24) is 0 Å². The van der Waals surface area contributed by atoms with E-state index in [-0.39, 0.29) is 10.9 Å². The van der Waals surface area contributed by atoms with Crippen molar-refractivity contribution in [2.24, 2.45) is 0 Å². The van der Waals surface area contributed by atoms with Crippen molar-refractivity contribution < 1.29 is 9.47 Å². The zero-order chi connectivity index (χ0) is 17.3. The highest BCUT2D eigenvalue weighted by molar-refractivity contribution is 7.81. The van der Waals surface area contributed by atoms with Gasteiger partial charge in [0, 0.05) is 4.75 Å². The molecule has 0 aromatic heterocycles. The van der Waals surface area contributed by atoms with E-state index in [2.05, 4.69) is 26.5 Å². The number of hydrogen-bond donors (Lipinski definition) is 1. The van der Waals surface area contributed by atoms with E-state index >= 15 is 0 Å². The molecule has 1 aromatic rings. The smallest absolute Gasteiger partial charge is 0.125 e. The van der Waals surface area contributed by atoms with Crippen LogP contribution in [0.2, 0.25) is 0 Å². The fourth-order valence-electron chi connectivity index (χ4n) is 1.74. The molecular weight excluding hydrogens is 292 g/mol. The molecule has 0 saturated heterocycles. The Morgan fingerprint density at radius 3 is 2.09 bits per heavy atom. The minimum Gasteiger partial charge on any atom is -0.490 e. The van der Waals surface area contributed by atoms with Crippen molar-refractivity contribution in [2.75, 3.05) is 6.61 Å². The lowest BCUT2D eigenvalue weighted by molar-refractivity contribution is 0.186. The molecule has 2 nitrogen and oxygen atoms in total. The zero-order valence-corrected chi connectivity index (χ0v) is 16.3. The summed E-state index contributed by atoms with van der Waals surface area (Å²) < 4.78 is 11.6. The van der Waals surface area contributed by atoms with E-state index in [1.54, 1.807) is 0 Å². The lowest BCUT2D eigenvalue weighted by Crippen LogP contribution is -2.33. The summed E-state index contributed by atoms with van der Waals surface area (Å²) >= 11 is 4.57. The van der Waals surface area contributed by atoms with E-state index in [0.29, 0.717) is 6.61 Å². The molecule has 1 atom stereocenters. The second-order valence-corrected chi connectivity index (χ2v) is 6.83. The number of allylic oxidation sites excluding steroid dienone is 1. The molecule has 0 spiro atoms. The molecule has 1 aromatic carbocycles. The van der Waals surface area contributed by atoms with Gasteiger partial charge in [-0.05, 0) is 64.8 Å². The average Bonchev–Trinajstić information content (AvgIpc) is 2.44. The summed E-state index contributed by atoms with van der Waals surface area (Å²) in [6.45, 7) is 16.8. The highest BCUT2D eigenvalue weighted by Crippen LogP contribution is 2.31. The summed E-state index contributed by atoms with van der Waals surface area (Å²) in [5, 5.41) is 0. The number of thiol groups is 1. The minimum absolute atomic E-state index is 0.0260. The number of benzene rings is 1. The van der Waals surface area contributed by atoms with Gasteiger partial charge in [-0.2, -0.15) is 12.6 Å². The number of aryl methyl sites for hydroxylation is 2. The second-order valence-electron chi connectivity index (χ2n) is 5.68. The van der Waals surface area contributed by atoms with Gasteiger partial charge in [0.15, 0.2) is 0 Å². The van der Waals surface area contributed by atoms with Crippen LogP contribution in [0.1, 0.15) is 52.7 Å². The molecule has 0 radical (unpaired) electrons. The predicted octanol–water partition coefficient (Wildman–Crippen LogP) is 5.76. The van der Waals surface area contributed by atoms with E-state index in [4.69, 9.17) is 9.47 Å². The predicted molar refractivity (Wildman–Crippen MR) is 101 cm³/mol. The van der Waals surface area contributed by atoms with Gasteiger partial charge in [0.1, 0.15) is 24.2 Å². The third-order valence-corrected chi connectivity index (χ3v) is 3.67. The van der Waals surface area contributed by atoms with Crippen molar-refractivity contribution in [3.05, 3.63) is 35.4 Å². The van der Waals surface area contributed by atoms with Gasteiger partial charge >= 0.3 is 0 Å². The standard InChI is InChI=1S/C17H26O2S.C2H6/c1-7-8-9-18-15-10-12(2)16(13(3)11-15)19-14(4)17(5,6)20;1-2/h7-8,10-11,14,20H,9H2,1-6H3;1-2H3/b8-7+;. The van der Waals surface area contributed by atoms with Crippen molar-refractivity contribution in [3.63, 3.8) is 0 Å². The van der Waals surface area contributed by atoms with Crippen LogP contribution in [0.4, 0.5) is 0 Å². The summed E-state index contributed by atoms with van der Waals surface area (Å²) in [7, 11) is 0. The maximum atomic E-state index is 6.08. The second kappa shape index (κ2) is 9.83. The number of rotatable bonds is 6. The van der Waals surface area contributed by atoms with Crippen LogP contribution in [0.25, 0.3) is 0 Å². The molecule has 0 fully saturated rings. The fraction of sp³-hybridized carbons (Fsp3) is 0.579. The van der Waals surface area contributed by atoms with Crippen LogP contribution in [-0.4, -0.2) is 17.5 Å². The Morgan fingerprint density at radius 2 is 1.68 bits per heavy atom. The first-order valence-electron chi connectivity index (χ1n) is 8.00. The first-order valence-corrected chi connectivity index (χ1v) is 8.44. The Kier molecular flexibility index (Phi) is 9.34. The van der Waals surface area contributed by atoms with Crippen molar-refractivity contribution in [2.45, 2.75) is 66.2 Å². The Bertz CT molecular complexity index is 450. The molecule has 0 N–H and O–H groups in total. The van der Waals surface area contributed by atoms with Gasteiger partial charge in [0.2, 0.25) is 0 Å². The largest absolute Gasteiger partial charge is 0.490 e. The van der Waals surface area contributed by atoms with E-state index < -0.39 is 0 Å². The fourth-order valence-corrected chi connectivity index (χ4v) is 1.79. The van der Waals surface area contributed by atoms with Crippen LogP contribution in [0.15, 0.2) is 24.3 Å². The van der Waals surface area contributed by atoms with Crippen LogP contribution in [0.5, 0.6) is 11.5 Å². The zero-order valence-electron chi connectivity index (χ0n) is 15.4. The minimum atomic E-state index is -0.181. The summed E-state index contributed by atoms with van der Waals surface area (Å²) in [6.07, 6.45) is 3.99. The molecule has 0 bridgehead atoms. The third kappa shape index (κ3) is 6.78. The lowest BCUT2D eigenvalue weighted by atomic mass is 10.1.